The zero-order chi connectivity index (χ0) is 15.1. The van der Waals surface area contributed by atoms with Crippen molar-refractivity contribution < 1.29 is 9.47 Å². The van der Waals surface area contributed by atoms with E-state index in [9.17, 15) is 0 Å². The van der Waals surface area contributed by atoms with Crippen LogP contribution in [0.3, 0.4) is 0 Å². The van der Waals surface area contributed by atoms with Crippen LogP contribution in [0, 0.1) is 0 Å². The molecule has 1 N–H and O–H groups in total. The lowest BCUT2D eigenvalue weighted by Crippen LogP contribution is -2.09. The van der Waals surface area contributed by atoms with Crippen LogP contribution in [0.2, 0.25) is 0 Å². The first-order valence-corrected chi connectivity index (χ1v) is 7.35. The molecular weight excluding hydrogens is 266 g/mol. The summed E-state index contributed by atoms with van der Waals surface area (Å²) in [6, 6.07) is 7.89. The Morgan fingerprint density at radius 3 is 2.62 bits per heavy atom. The number of anilines is 1. The highest BCUT2D eigenvalue weighted by Crippen LogP contribution is 2.29. The average molecular weight is 289 g/mol. The maximum Gasteiger partial charge on any atom is 0.142 e. The van der Waals surface area contributed by atoms with Gasteiger partial charge in [-0.25, -0.2) is 0 Å². The minimum atomic E-state index is 0.643. The molecule has 2 rings (SSSR count). The molecule has 0 bridgehead atoms. The van der Waals surface area contributed by atoms with Crippen molar-refractivity contribution in [2.24, 2.45) is 7.05 Å². The van der Waals surface area contributed by atoms with E-state index in [4.69, 9.17) is 9.47 Å². The van der Waals surface area contributed by atoms with Gasteiger partial charge in [0, 0.05) is 38.0 Å². The van der Waals surface area contributed by atoms with Gasteiger partial charge < -0.3 is 14.8 Å². The summed E-state index contributed by atoms with van der Waals surface area (Å²) in [6.07, 6.45) is 2.72. The molecule has 2 aromatic rings. The Balaban J connectivity index is 2.02. The fourth-order valence-electron chi connectivity index (χ4n) is 2.16. The third-order valence-electron chi connectivity index (χ3n) is 3.18. The van der Waals surface area contributed by atoms with Gasteiger partial charge in [0.1, 0.15) is 11.5 Å². The topological polar surface area (TPSA) is 48.3 Å². The Morgan fingerprint density at radius 2 is 1.95 bits per heavy atom. The number of nitrogens with one attached hydrogen (secondary N) is 1. The monoisotopic (exact) mass is 289 g/mol. The second-order valence-electron chi connectivity index (χ2n) is 4.65. The highest BCUT2D eigenvalue weighted by Gasteiger charge is 2.06. The first-order chi connectivity index (χ1) is 10.2. The second-order valence-corrected chi connectivity index (χ2v) is 4.65. The number of hydrogen-bond donors (Lipinski definition) is 1. The standard InChI is InChI=1S/C16H23N3O2/c1-4-20-14-6-7-16(21-5-2)15(12-14)17-10-8-13-9-11-18-19(13)3/h6-7,9,11-12,17H,4-5,8,10H2,1-3H3. The number of aromatic nitrogens is 2. The Hall–Kier alpha value is -2.17. The van der Waals surface area contributed by atoms with E-state index >= 15 is 0 Å². The third-order valence-corrected chi connectivity index (χ3v) is 3.18. The van der Waals surface area contributed by atoms with E-state index in [0.29, 0.717) is 13.2 Å². The van der Waals surface area contributed by atoms with E-state index in [0.717, 1.165) is 30.2 Å². The third kappa shape index (κ3) is 4.15. The highest BCUT2D eigenvalue weighted by molar-refractivity contribution is 5.59. The average Bonchev–Trinajstić information content (AvgIpc) is 2.88. The fraction of sp³-hybridized carbons (Fsp3) is 0.438. The molecule has 0 atom stereocenters. The van der Waals surface area contributed by atoms with Gasteiger partial charge in [0.2, 0.25) is 0 Å². The van der Waals surface area contributed by atoms with Gasteiger partial charge in [-0.3, -0.25) is 4.68 Å². The number of benzene rings is 1. The molecule has 0 aliphatic rings. The maximum absolute atomic E-state index is 5.65. The summed E-state index contributed by atoms with van der Waals surface area (Å²) in [6.45, 7) is 6.07. The van der Waals surface area contributed by atoms with Gasteiger partial charge in [0.05, 0.1) is 18.9 Å². The van der Waals surface area contributed by atoms with Gasteiger partial charge in [-0.2, -0.15) is 5.10 Å². The van der Waals surface area contributed by atoms with Gasteiger partial charge in [0.25, 0.3) is 0 Å². The predicted octanol–water partition coefficient (Wildman–Crippen LogP) is 2.87. The van der Waals surface area contributed by atoms with Crippen LogP contribution in [0.4, 0.5) is 5.69 Å². The zero-order valence-corrected chi connectivity index (χ0v) is 12.9. The van der Waals surface area contributed by atoms with Crippen LogP contribution in [0.1, 0.15) is 19.5 Å². The SMILES string of the molecule is CCOc1ccc(OCC)c(NCCc2ccnn2C)c1. The molecular formula is C16H23N3O2. The van der Waals surface area contributed by atoms with Gasteiger partial charge in [-0.15, -0.1) is 0 Å². The van der Waals surface area contributed by atoms with Crippen molar-refractivity contribution in [2.45, 2.75) is 20.3 Å². The lowest BCUT2D eigenvalue weighted by atomic mass is 10.2. The molecule has 0 unspecified atom stereocenters. The quantitative estimate of drug-likeness (QED) is 0.812. The maximum atomic E-state index is 5.65. The summed E-state index contributed by atoms with van der Waals surface area (Å²) in [5.74, 6) is 1.70. The van der Waals surface area contributed by atoms with Gasteiger partial charge in [0.15, 0.2) is 0 Å². The summed E-state index contributed by atoms with van der Waals surface area (Å²) >= 11 is 0. The molecule has 0 amide bonds. The Morgan fingerprint density at radius 1 is 1.14 bits per heavy atom. The first kappa shape index (κ1) is 15.2. The summed E-state index contributed by atoms with van der Waals surface area (Å²) < 4.78 is 13.1. The molecule has 5 nitrogen and oxygen atoms in total. The molecule has 0 aliphatic heterocycles. The van der Waals surface area contributed by atoms with Crippen LogP contribution in [-0.4, -0.2) is 29.5 Å². The lowest BCUT2D eigenvalue weighted by Gasteiger charge is -2.14. The Labute approximate surface area is 125 Å². The number of nitrogens with zero attached hydrogens (tertiary/aromatic N) is 2. The minimum Gasteiger partial charge on any atom is -0.494 e. The minimum absolute atomic E-state index is 0.643. The summed E-state index contributed by atoms with van der Waals surface area (Å²) in [4.78, 5) is 0. The van der Waals surface area contributed by atoms with Crippen LogP contribution in [0.25, 0.3) is 0 Å². The molecule has 0 saturated heterocycles. The molecule has 1 heterocycles. The molecule has 114 valence electrons. The lowest BCUT2D eigenvalue weighted by molar-refractivity contribution is 0.332. The molecule has 1 aromatic carbocycles. The summed E-state index contributed by atoms with van der Waals surface area (Å²) in [7, 11) is 1.96. The van der Waals surface area contributed by atoms with E-state index in [1.165, 1.54) is 5.69 Å². The molecule has 0 saturated carbocycles. The molecule has 0 fully saturated rings. The van der Waals surface area contributed by atoms with Crippen molar-refractivity contribution in [2.75, 3.05) is 25.1 Å². The van der Waals surface area contributed by atoms with Crippen LogP contribution in [-0.2, 0) is 13.5 Å². The Kier molecular flexibility index (Phi) is 5.49. The smallest absolute Gasteiger partial charge is 0.142 e. The summed E-state index contributed by atoms with van der Waals surface area (Å²) in [5.41, 5.74) is 2.16. The van der Waals surface area contributed by atoms with Crippen molar-refractivity contribution in [3.8, 4) is 11.5 Å². The van der Waals surface area contributed by atoms with E-state index in [2.05, 4.69) is 10.4 Å². The molecule has 0 radical (unpaired) electrons. The number of ether oxygens (including phenoxy) is 2. The van der Waals surface area contributed by atoms with Crippen LogP contribution < -0.4 is 14.8 Å². The predicted molar refractivity (Wildman–Crippen MR) is 84.2 cm³/mol. The Bertz CT molecular complexity index is 566. The van der Waals surface area contributed by atoms with Crippen molar-refractivity contribution >= 4 is 5.69 Å². The van der Waals surface area contributed by atoms with Crippen LogP contribution >= 0.6 is 0 Å². The van der Waals surface area contributed by atoms with Crippen LogP contribution in [0.5, 0.6) is 11.5 Å². The highest BCUT2D eigenvalue weighted by atomic mass is 16.5. The molecule has 0 spiro atoms. The van der Waals surface area contributed by atoms with Crippen molar-refractivity contribution in [1.29, 1.82) is 0 Å². The van der Waals surface area contributed by atoms with Gasteiger partial charge >= 0.3 is 0 Å². The van der Waals surface area contributed by atoms with E-state index in [1.54, 1.807) is 0 Å². The number of aryl methyl sites for hydroxylation is 1. The van der Waals surface area contributed by atoms with Gasteiger partial charge in [-0.1, -0.05) is 0 Å². The molecule has 21 heavy (non-hydrogen) atoms. The summed E-state index contributed by atoms with van der Waals surface area (Å²) in [5, 5.41) is 7.59. The largest absolute Gasteiger partial charge is 0.494 e. The number of hydrogen-bond acceptors (Lipinski definition) is 4. The van der Waals surface area contributed by atoms with Crippen LogP contribution in [0.15, 0.2) is 30.5 Å². The zero-order valence-electron chi connectivity index (χ0n) is 12.9. The van der Waals surface area contributed by atoms with Crippen molar-refractivity contribution in [1.82, 2.24) is 9.78 Å². The van der Waals surface area contributed by atoms with E-state index < -0.39 is 0 Å². The normalized spacial score (nSPS) is 10.4. The van der Waals surface area contributed by atoms with E-state index in [-0.39, 0.29) is 0 Å². The van der Waals surface area contributed by atoms with Crippen molar-refractivity contribution in [3.05, 3.63) is 36.2 Å². The van der Waals surface area contributed by atoms with Gasteiger partial charge in [-0.05, 0) is 32.0 Å². The second kappa shape index (κ2) is 7.57. The fourth-order valence-corrected chi connectivity index (χ4v) is 2.16. The molecule has 1 aromatic heterocycles. The van der Waals surface area contributed by atoms with Crippen molar-refractivity contribution in [3.63, 3.8) is 0 Å². The molecule has 5 heteroatoms. The first-order valence-electron chi connectivity index (χ1n) is 7.35. The number of rotatable bonds is 8. The molecule has 0 aliphatic carbocycles. The van der Waals surface area contributed by atoms with E-state index in [1.807, 2.05) is 56.0 Å².